The summed E-state index contributed by atoms with van der Waals surface area (Å²) in [4.78, 5) is 9.00. The average Bonchev–Trinajstić information content (AvgIpc) is 2.22. The summed E-state index contributed by atoms with van der Waals surface area (Å²) in [5.41, 5.74) is 6.46. The zero-order valence-electron chi connectivity index (χ0n) is 11.4. The van der Waals surface area contributed by atoms with Crippen LogP contribution in [-0.4, -0.2) is 35.2 Å². The van der Waals surface area contributed by atoms with Crippen molar-refractivity contribution >= 4 is 5.97 Å². The molecule has 0 aromatic carbocycles. The number of hydrogen-bond donors (Lipinski definition) is 3. The smallest absolute Gasteiger partial charge is 0.300 e. The lowest BCUT2D eigenvalue weighted by molar-refractivity contribution is -0.134. The first kappa shape index (κ1) is 16.4. The molecule has 5 heteroatoms. The van der Waals surface area contributed by atoms with Crippen molar-refractivity contribution in [2.45, 2.75) is 46.6 Å². The van der Waals surface area contributed by atoms with Crippen molar-refractivity contribution in [1.29, 1.82) is 0 Å². The van der Waals surface area contributed by atoms with E-state index in [1.165, 1.54) is 0 Å². The molecule has 3 unspecified atom stereocenters. The third-order valence-corrected chi connectivity index (χ3v) is 3.68. The summed E-state index contributed by atoms with van der Waals surface area (Å²) in [5, 5.41) is 9.35. The Morgan fingerprint density at radius 2 is 2.00 bits per heavy atom. The Hall–Kier alpha value is -0.650. The van der Waals surface area contributed by atoms with E-state index in [-0.39, 0.29) is 5.41 Å². The summed E-state index contributed by atoms with van der Waals surface area (Å²) in [6.07, 6.45) is 2.24. The molecule has 5 N–H and O–H groups in total. The molecule has 3 atom stereocenters. The van der Waals surface area contributed by atoms with E-state index >= 15 is 0 Å². The molecular weight excluding hydrogens is 218 g/mol. The van der Waals surface area contributed by atoms with Crippen molar-refractivity contribution in [3.8, 4) is 0 Å². The molecule has 0 aliphatic carbocycles. The van der Waals surface area contributed by atoms with Crippen LogP contribution in [0.1, 0.15) is 40.5 Å². The molecule has 0 aromatic heterocycles. The Morgan fingerprint density at radius 3 is 2.35 bits per heavy atom. The second kappa shape index (κ2) is 6.93. The van der Waals surface area contributed by atoms with Gasteiger partial charge >= 0.3 is 0 Å². The molecule has 0 aromatic rings. The van der Waals surface area contributed by atoms with E-state index in [0.717, 1.165) is 32.9 Å². The van der Waals surface area contributed by atoms with Crippen LogP contribution in [0.15, 0.2) is 0 Å². The molecule has 0 saturated carbocycles. The maximum absolute atomic E-state index is 9.00. The van der Waals surface area contributed by atoms with Gasteiger partial charge in [0.05, 0.1) is 0 Å². The molecular formula is C12H27N3O2. The van der Waals surface area contributed by atoms with E-state index in [2.05, 4.69) is 20.8 Å². The van der Waals surface area contributed by atoms with Gasteiger partial charge in [0.1, 0.15) is 0 Å². The minimum atomic E-state index is -0.833. The lowest BCUT2D eigenvalue weighted by Gasteiger charge is -2.47. The summed E-state index contributed by atoms with van der Waals surface area (Å²) in [6, 6.07) is 0.308. The van der Waals surface area contributed by atoms with Crippen LogP contribution < -0.4 is 11.6 Å². The first-order valence-corrected chi connectivity index (χ1v) is 6.21. The van der Waals surface area contributed by atoms with Crippen LogP contribution in [0, 0.1) is 11.3 Å². The van der Waals surface area contributed by atoms with Crippen molar-refractivity contribution < 1.29 is 9.90 Å². The van der Waals surface area contributed by atoms with Crippen molar-refractivity contribution in [1.82, 2.24) is 5.01 Å². The topological polar surface area (TPSA) is 92.6 Å². The van der Waals surface area contributed by atoms with Gasteiger partial charge < -0.3 is 10.8 Å². The predicted molar refractivity (Wildman–Crippen MR) is 69.2 cm³/mol. The highest BCUT2D eigenvalue weighted by Crippen LogP contribution is 2.34. The van der Waals surface area contributed by atoms with Gasteiger partial charge in [-0.05, 0) is 17.8 Å². The summed E-state index contributed by atoms with van der Waals surface area (Å²) < 4.78 is 0. The van der Waals surface area contributed by atoms with E-state index in [1.54, 1.807) is 0 Å². The van der Waals surface area contributed by atoms with Crippen LogP contribution in [0.3, 0.4) is 0 Å². The van der Waals surface area contributed by atoms with Gasteiger partial charge in [0.2, 0.25) is 0 Å². The number of nitrogens with two attached hydrogens (primary N) is 2. The molecule has 1 rings (SSSR count). The van der Waals surface area contributed by atoms with Gasteiger partial charge in [-0.25, -0.2) is 5.01 Å². The van der Waals surface area contributed by atoms with Crippen molar-refractivity contribution in [2.24, 2.45) is 22.9 Å². The number of rotatable bonds is 2. The zero-order chi connectivity index (χ0) is 13.6. The fourth-order valence-electron chi connectivity index (χ4n) is 2.35. The Labute approximate surface area is 104 Å². The summed E-state index contributed by atoms with van der Waals surface area (Å²) in [6.45, 7) is 9.61. The van der Waals surface area contributed by atoms with Gasteiger partial charge in [-0.1, -0.05) is 27.2 Å². The van der Waals surface area contributed by atoms with E-state index in [9.17, 15) is 0 Å². The van der Waals surface area contributed by atoms with Crippen LogP contribution in [0.25, 0.3) is 0 Å². The third-order valence-electron chi connectivity index (χ3n) is 3.68. The van der Waals surface area contributed by atoms with E-state index in [0.29, 0.717) is 12.0 Å². The van der Waals surface area contributed by atoms with E-state index in [4.69, 9.17) is 21.5 Å². The normalized spacial score (nSPS) is 33.8. The monoisotopic (exact) mass is 245 g/mol. The molecule has 1 aliphatic rings. The van der Waals surface area contributed by atoms with Crippen LogP contribution in [0.4, 0.5) is 0 Å². The SMILES string of the molecule is CC(=O)O.CCC1CN(N)CC(C)(CC)C1N. The number of aliphatic carboxylic acids is 1. The first-order valence-electron chi connectivity index (χ1n) is 6.21. The van der Waals surface area contributed by atoms with E-state index < -0.39 is 5.97 Å². The van der Waals surface area contributed by atoms with Crippen molar-refractivity contribution in [2.75, 3.05) is 13.1 Å². The second-order valence-electron chi connectivity index (χ2n) is 5.15. The Kier molecular flexibility index (Phi) is 6.67. The van der Waals surface area contributed by atoms with Gasteiger partial charge in [0.15, 0.2) is 0 Å². The summed E-state index contributed by atoms with van der Waals surface area (Å²) in [7, 11) is 0. The Balaban J connectivity index is 0.000000557. The Morgan fingerprint density at radius 1 is 1.53 bits per heavy atom. The molecule has 1 heterocycles. The standard InChI is InChI=1S/C10H23N3.C2H4O2/c1-4-8-6-13(12)7-10(3,5-2)9(8)11;1-2(3)4/h8-9H,4-7,11-12H2,1-3H3;1H3,(H,3,4). The largest absolute Gasteiger partial charge is 0.481 e. The lowest BCUT2D eigenvalue weighted by Crippen LogP contribution is -2.60. The molecule has 1 fully saturated rings. The maximum atomic E-state index is 9.00. The number of carboxylic acid groups (broad SMARTS) is 1. The van der Waals surface area contributed by atoms with Gasteiger partial charge in [0.25, 0.3) is 5.97 Å². The third kappa shape index (κ3) is 5.02. The molecule has 0 spiro atoms. The number of piperidine rings is 1. The molecule has 102 valence electrons. The van der Waals surface area contributed by atoms with Crippen molar-refractivity contribution in [3.63, 3.8) is 0 Å². The number of hydrazine groups is 1. The Bertz CT molecular complexity index is 244. The van der Waals surface area contributed by atoms with Crippen LogP contribution in [0.2, 0.25) is 0 Å². The lowest BCUT2D eigenvalue weighted by atomic mass is 9.71. The molecule has 0 radical (unpaired) electrons. The van der Waals surface area contributed by atoms with Crippen LogP contribution >= 0.6 is 0 Å². The summed E-state index contributed by atoms with van der Waals surface area (Å²) in [5.74, 6) is 5.62. The predicted octanol–water partition coefficient (Wildman–Crippen LogP) is 1.04. The van der Waals surface area contributed by atoms with E-state index in [1.807, 2.05) is 5.01 Å². The average molecular weight is 245 g/mol. The molecule has 0 bridgehead atoms. The second-order valence-corrected chi connectivity index (χ2v) is 5.15. The highest BCUT2D eigenvalue weighted by Gasteiger charge is 2.40. The molecule has 0 amide bonds. The highest BCUT2D eigenvalue weighted by molar-refractivity contribution is 5.62. The molecule has 5 nitrogen and oxygen atoms in total. The summed E-state index contributed by atoms with van der Waals surface area (Å²) >= 11 is 0. The molecule has 1 saturated heterocycles. The minimum Gasteiger partial charge on any atom is -0.481 e. The zero-order valence-corrected chi connectivity index (χ0v) is 11.4. The first-order chi connectivity index (χ1) is 7.76. The number of carbonyl (C=O) groups is 1. The number of nitrogens with zero attached hydrogens (tertiary/aromatic N) is 1. The molecule has 1 aliphatic heterocycles. The van der Waals surface area contributed by atoms with Gasteiger partial charge in [-0.15, -0.1) is 0 Å². The highest BCUT2D eigenvalue weighted by atomic mass is 16.4. The fourth-order valence-corrected chi connectivity index (χ4v) is 2.35. The van der Waals surface area contributed by atoms with Crippen molar-refractivity contribution in [3.05, 3.63) is 0 Å². The number of hydrogen-bond acceptors (Lipinski definition) is 4. The van der Waals surface area contributed by atoms with Crippen LogP contribution in [0.5, 0.6) is 0 Å². The van der Waals surface area contributed by atoms with Gasteiger partial charge in [0, 0.05) is 26.1 Å². The minimum absolute atomic E-state index is 0.202. The number of carboxylic acids is 1. The van der Waals surface area contributed by atoms with Gasteiger partial charge in [-0.3, -0.25) is 10.6 Å². The van der Waals surface area contributed by atoms with Gasteiger partial charge in [-0.2, -0.15) is 0 Å². The maximum Gasteiger partial charge on any atom is 0.300 e. The van der Waals surface area contributed by atoms with Crippen LogP contribution in [-0.2, 0) is 4.79 Å². The molecule has 17 heavy (non-hydrogen) atoms. The quantitative estimate of drug-likeness (QED) is 0.632. The fraction of sp³-hybridized carbons (Fsp3) is 0.917.